The number of carbonyl (C=O) groups is 1. The van der Waals surface area contributed by atoms with Gasteiger partial charge in [0.1, 0.15) is 0 Å². The summed E-state index contributed by atoms with van der Waals surface area (Å²) >= 11 is 0. The van der Waals surface area contributed by atoms with Crippen LogP contribution in [0, 0.1) is 0 Å². The molecular formula is C6H15N3O. The molecule has 10 heavy (non-hydrogen) atoms. The first kappa shape index (κ1) is 9.23. The minimum Gasteiger partial charge on any atom is -0.334 e. The first-order chi connectivity index (χ1) is 4.57. The highest BCUT2D eigenvalue weighted by atomic mass is 16.2. The molecule has 0 saturated heterocycles. The Morgan fingerprint density at radius 2 is 2.20 bits per heavy atom. The normalized spacial score (nSPS) is 12.4. The van der Waals surface area contributed by atoms with Crippen LogP contribution in [-0.4, -0.2) is 37.6 Å². The molecule has 2 amide bonds. The van der Waals surface area contributed by atoms with E-state index in [4.69, 9.17) is 5.73 Å². The number of hydrogen-bond acceptors (Lipinski definition) is 2. The van der Waals surface area contributed by atoms with Gasteiger partial charge in [-0.3, -0.25) is 0 Å². The molecular weight excluding hydrogens is 130 g/mol. The van der Waals surface area contributed by atoms with E-state index in [0.717, 1.165) is 0 Å². The Morgan fingerprint density at radius 3 is 2.50 bits per heavy atom. The number of urea groups is 1. The van der Waals surface area contributed by atoms with Crippen LogP contribution in [-0.2, 0) is 0 Å². The lowest BCUT2D eigenvalue weighted by molar-refractivity contribution is 0.214. The van der Waals surface area contributed by atoms with Gasteiger partial charge in [0.05, 0.1) is 0 Å². The third kappa shape index (κ3) is 3.29. The van der Waals surface area contributed by atoms with Crippen LogP contribution < -0.4 is 11.1 Å². The van der Waals surface area contributed by atoms with Crippen LogP contribution in [0.25, 0.3) is 0 Å². The van der Waals surface area contributed by atoms with Crippen LogP contribution in [0.2, 0.25) is 0 Å². The molecule has 0 aromatic carbocycles. The molecule has 0 aliphatic heterocycles. The molecule has 0 radical (unpaired) electrons. The zero-order valence-electron chi connectivity index (χ0n) is 6.72. The van der Waals surface area contributed by atoms with Crippen molar-refractivity contribution in [3.8, 4) is 0 Å². The molecule has 60 valence electrons. The highest BCUT2D eigenvalue weighted by molar-refractivity contribution is 5.73. The van der Waals surface area contributed by atoms with Gasteiger partial charge in [-0.15, -0.1) is 0 Å². The minimum absolute atomic E-state index is 0.0508. The third-order valence-electron chi connectivity index (χ3n) is 1.13. The van der Waals surface area contributed by atoms with Crippen molar-refractivity contribution in [1.29, 1.82) is 0 Å². The molecule has 0 fully saturated rings. The van der Waals surface area contributed by atoms with Gasteiger partial charge in [0, 0.05) is 26.7 Å². The van der Waals surface area contributed by atoms with E-state index < -0.39 is 0 Å². The van der Waals surface area contributed by atoms with Crippen LogP contribution >= 0.6 is 0 Å². The number of nitrogens with one attached hydrogen (secondary N) is 1. The Hall–Kier alpha value is -0.770. The van der Waals surface area contributed by atoms with Crippen LogP contribution in [0.4, 0.5) is 4.79 Å². The molecule has 0 bridgehead atoms. The molecule has 0 aromatic rings. The Bertz CT molecular complexity index is 114. The van der Waals surface area contributed by atoms with Gasteiger partial charge in [-0.1, -0.05) is 0 Å². The van der Waals surface area contributed by atoms with Crippen LogP contribution in [0.3, 0.4) is 0 Å². The largest absolute Gasteiger partial charge is 0.334 e. The lowest BCUT2D eigenvalue weighted by Crippen LogP contribution is -2.43. The maximum Gasteiger partial charge on any atom is 0.317 e. The number of nitrogens with two attached hydrogens (primary N) is 1. The fraction of sp³-hybridized carbons (Fsp3) is 0.833. The van der Waals surface area contributed by atoms with E-state index in [1.807, 2.05) is 6.92 Å². The summed E-state index contributed by atoms with van der Waals surface area (Å²) < 4.78 is 0. The molecule has 0 spiro atoms. The summed E-state index contributed by atoms with van der Waals surface area (Å²) in [6, 6.07) is -0.0483. The van der Waals surface area contributed by atoms with Crippen LogP contribution in [0.5, 0.6) is 0 Å². The molecule has 1 atom stereocenters. The second kappa shape index (κ2) is 4.11. The number of carbonyl (C=O) groups excluding carboxylic acids is 1. The molecule has 4 nitrogen and oxygen atoms in total. The zero-order valence-corrected chi connectivity index (χ0v) is 6.72. The number of nitrogens with zero attached hydrogens (tertiary/aromatic N) is 1. The molecule has 0 rings (SSSR count). The van der Waals surface area contributed by atoms with Gasteiger partial charge in [-0.2, -0.15) is 0 Å². The van der Waals surface area contributed by atoms with Gasteiger partial charge in [-0.25, -0.2) is 4.79 Å². The number of amides is 2. The van der Waals surface area contributed by atoms with E-state index in [1.165, 1.54) is 4.90 Å². The first-order valence-electron chi connectivity index (χ1n) is 3.25. The van der Waals surface area contributed by atoms with E-state index >= 15 is 0 Å². The van der Waals surface area contributed by atoms with Gasteiger partial charge in [0.15, 0.2) is 0 Å². The van der Waals surface area contributed by atoms with E-state index in [1.54, 1.807) is 14.1 Å². The number of hydrogen-bond donors (Lipinski definition) is 2. The van der Waals surface area contributed by atoms with Crippen molar-refractivity contribution < 1.29 is 4.79 Å². The summed E-state index contributed by atoms with van der Waals surface area (Å²) in [6.45, 7) is 2.33. The molecule has 4 heteroatoms. The molecule has 0 saturated carbocycles. The highest BCUT2D eigenvalue weighted by Crippen LogP contribution is 1.80. The van der Waals surface area contributed by atoms with Crippen molar-refractivity contribution in [3.05, 3.63) is 0 Å². The zero-order chi connectivity index (χ0) is 8.15. The average molecular weight is 145 g/mol. The van der Waals surface area contributed by atoms with E-state index in [-0.39, 0.29) is 12.1 Å². The fourth-order valence-electron chi connectivity index (χ4n) is 0.399. The van der Waals surface area contributed by atoms with E-state index in [2.05, 4.69) is 5.32 Å². The first-order valence-corrected chi connectivity index (χ1v) is 3.25. The Kier molecular flexibility index (Phi) is 3.79. The Morgan fingerprint density at radius 1 is 1.70 bits per heavy atom. The summed E-state index contributed by atoms with van der Waals surface area (Å²) in [5, 5.41) is 2.69. The highest BCUT2D eigenvalue weighted by Gasteiger charge is 2.05. The Balaban J connectivity index is 3.57. The van der Waals surface area contributed by atoms with Crippen molar-refractivity contribution in [2.75, 3.05) is 20.6 Å². The quantitative estimate of drug-likeness (QED) is 0.555. The standard InChI is InChI=1S/C6H15N3O/c1-5(4-7)8-6(10)9(2)3/h5H,4,7H2,1-3H3,(H,8,10). The Labute approximate surface area is 61.4 Å². The van der Waals surface area contributed by atoms with Crippen molar-refractivity contribution in [2.45, 2.75) is 13.0 Å². The molecule has 1 unspecified atom stereocenters. The van der Waals surface area contributed by atoms with Crippen molar-refractivity contribution >= 4 is 6.03 Å². The molecule has 0 heterocycles. The smallest absolute Gasteiger partial charge is 0.317 e. The van der Waals surface area contributed by atoms with Crippen LogP contribution in [0.1, 0.15) is 6.92 Å². The summed E-state index contributed by atoms with van der Waals surface area (Å²) in [5.41, 5.74) is 5.29. The molecule has 0 aliphatic carbocycles. The van der Waals surface area contributed by atoms with Gasteiger partial charge >= 0.3 is 6.03 Å². The van der Waals surface area contributed by atoms with Crippen molar-refractivity contribution in [3.63, 3.8) is 0 Å². The monoisotopic (exact) mass is 145 g/mol. The lowest BCUT2D eigenvalue weighted by atomic mass is 10.3. The fourth-order valence-corrected chi connectivity index (χ4v) is 0.399. The second-order valence-electron chi connectivity index (χ2n) is 2.48. The number of rotatable bonds is 2. The molecule has 0 aliphatic rings. The summed E-state index contributed by atoms with van der Waals surface area (Å²) in [7, 11) is 3.39. The minimum atomic E-state index is -0.0991. The third-order valence-corrected chi connectivity index (χ3v) is 1.13. The van der Waals surface area contributed by atoms with Crippen molar-refractivity contribution in [2.24, 2.45) is 5.73 Å². The lowest BCUT2D eigenvalue weighted by Gasteiger charge is -2.15. The van der Waals surface area contributed by atoms with Gasteiger partial charge in [0.25, 0.3) is 0 Å². The van der Waals surface area contributed by atoms with Gasteiger partial charge in [-0.05, 0) is 6.92 Å². The topological polar surface area (TPSA) is 58.4 Å². The molecule has 3 N–H and O–H groups in total. The maximum atomic E-state index is 10.9. The van der Waals surface area contributed by atoms with E-state index in [9.17, 15) is 4.79 Å². The van der Waals surface area contributed by atoms with E-state index in [0.29, 0.717) is 6.54 Å². The van der Waals surface area contributed by atoms with Gasteiger partial charge in [0.2, 0.25) is 0 Å². The SMILES string of the molecule is CC(CN)NC(=O)N(C)C. The molecule has 0 aromatic heterocycles. The van der Waals surface area contributed by atoms with Crippen LogP contribution in [0.15, 0.2) is 0 Å². The summed E-state index contributed by atoms with van der Waals surface area (Å²) in [4.78, 5) is 12.3. The maximum absolute atomic E-state index is 10.9. The predicted octanol–water partition coefficient (Wildman–Crippen LogP) is -0.395. The second-order valence-corrected chi connectivity index (χ2v) is 2.48. The van der Waals surface area contributed by atoms with Gasteiger partial charge < -0.3 is 16.0 Å². The predicted molar refractivity (Wildman–Crippen MR) is 40.7 cm³/mol. The van der Waals surface area contributed by atoms with Crippen molar-refractivity contribution in [1.82, 2.24) is 10.2 Å². The summed E-state index contributed by atoms with van der Waals surface area (Å²) in [5.74, 6) is 0. The summed E-state index contributed by atoms with van der Waals surface area (Å²) in [6.07, 6.45) is 0. The average Bonchev–Trinajstić information content (AvgIpc) is 1.87.